The number of aromatic amines is 1. The number of unbranched alkanes of at least 4 members (excludes halogenated alkanes) is 1. The Balaban J connectivity index is 2.40. The summed E-state index contributed by atoms with van der Waals surface area (Å²) < 4.78 is 1.33. The summed E-state index contributed by atoms with van der Waals surface area (Å²) in [6, 6.07) is -0.143. The number of amides is 2. The highest BCUT2D eigenvalue weighted by atomic mass is 16.2. The first-order valence-electron chi connectivity index (χ1n) is 10.6. The summed E-state index contributed by atoms with van der Waals surface area (Å²) in [5.74, 6) is -0.332. The monoisotopic (exact) mass is 423 g/mol. The molecule has 30 heavy (non-hydrogen) atoms. The van der Waals surface area contributed by atoms with Gasteiger partial charge in [0.1, 0.15) is 5.82 Å². The lowest BCUT2D eigenvalue weighted by Crippen LogP contribution is -3.11. The summed E-state index contributed by atoms with van der Waals surface area (Å²) in [4.78, 5) is 56.3. The van der Waals surface area contributed by atoms with Crippen LogP contribution in [0.5, 0.6) is 0 Å². The molecule has 2 amide bonds. The van der Waals surface area contributed by atoms with E-state index < -0.39 is 11.2 Å². The van der Waals surface area contributed by atoms with E-state index in [1.807, 2.05) is 6.92 Å². The Morgan fingerprint density at radius 3 is 2.33 bits per heavy atom. The molecular formula is C20H35N6O4+. The van der Waals surface area contributed by atoms with Gasteiger partial charge in [-0.25, -0.2) is 4.79 Å². The van der Waals surface area contributed by atoms with E-state index in [1.54, 1.807) is 21.1 Å². The number of likely N-dealkylation sites (N-methyl/N-ethyl adjacent to an activating group) is 2. The first-order chi connectivity index (χ1) is 14.2. The summed E-state index contributed by atoms with van der Waals surface area (Å²) >= 11 is 0. The molecule has 0 radical (unpaired) electrons. The molecular weight excluding hydrogens is 388 g/mol. The third-order valence-corrected chi connectivity index (χ3v) is 5.55. The number of nitrogens with zero attached hydrogens (tertiary/aromatic N) is 3. The van der Waals surface area contributed by atoms with Gasteiger partial charge in [0.15, 0.2) is 18.8 Å². The number of anilines is 2. The summed E-state index contributed by atoms with van der Waals surface area (Å²) in [7, 11) is 5.10. The zero-order valence-electron chi connectivity index (χ0n) is 18.5. The molecule has 1 saturated carbocycles. The molecule has 2 rings (SSSR count). The van der Waals surface area contributed by atoms with Gasteiger partial charge in [-0.05, 0) is 19.3 Å². The molecule has 1 aromatic heterocycles. The van der Waals surface area contributed by atoms with Crippen LogP contribution < -0.4 is 26.8 Å². The van der Waals surface area contributed by atoms with Crippen LogP contribution in [0.15, 0.2) is 9.59 Å². The third kappa shape index (κ3) is 5.50. The van der Waals surface area contributed by atoms with E-state index in [2.05, 4.69) is 4.98 Å². The Bertz CT molecular complexity index is 869. The fourth-order valence-corrected chi connectivity index (χ4v) is 3.84. The SMILES string of the molecule is CCCCn1c(N)c(N(C(=O)C[NH+](C)CC(=O)N(C)C)C2CCCC2)c(=O)[nH]c1=O. The molecule has 0 bridgehead atoms. The number of nitrogen functional groups attached to an aromatic ring is 1. The van der Waals surface area contributed by atoms with Crippen LogP contribution in [0.25, 0.3) is 0 Å². The van der Waals surface area contributed by atoms with E-state index in [-0.39, 0.29) is 42.5 Å². The van der Waals surface area contributed by atoms with Crippen molar-refractivity contribution in [1.29, 1.82) is 0 Å². The highest BCUT2D eigenvalue weighted by Crippen LogP contribution is 2.29. The number of rotatable bonds is 9. The molecule has 0 aromatic carbocycles. The van der Waals surface area contributed by atoms with Gasteiger partial charge in [0.05, 0.1) is 7.05 Å². The molecule has 0 saturated heterocycles. The average Bonchev–Trinajstić information content (AvgIpc) is 3.18. The van der Waals surface area contributed by atoms with Crippen LogP contribution >= 0.6 is 0 Å². The van der Waals surface area contributed by atoms with Crippen molar-refractivity contribution in [2.75, 3.05) is 44.9 Å². The molecule has 0 spiro atoms. The van der Waals surface area contributed by atoms with E-state index in [0.717, 1.165) is 43.4 Å². The minimum atomic E-state index is -0.646. The van der Waals surface area contributed by atoms with Gasteiger partial charge >= 0.3 is 5.69 Å². The number of nitrogens with one attached hydrogen (secondary N) is 2. The van der Waals surface area contributed by atoms with Crippen LogP contribution in [0.2, 0.25) is 0 Å². The summed E-state index contributed by atoms with van der Waals surface area (Å²) in [6.07, 6.45) is 5.06. The van der Waals surface area contributed by atoms with E-state index in [1.165, 1.54) is 14.4 Å². The van der Waals surface area contributed by atoms with E-state index in [0.29, 0.717) is 6.54 Å². The molecule has 1 fully saturated rings. The van der Waals surface area contributed by atoms with Gasteiger partial charge in [-0.1, -0.05) is 26.2 Å². The molecule has 1 unspecified atom stereocenters. The lowest BCUT2D eigenvalue weighted by atomic mass is 10.1. The summed E-state index contributed by atoms with van der Waals surface area (Å²) in [5.41, 5.74) is 5.11. The van der Waals surface area contributed by atoms with Gasteiger partial charge in [0, 0.05) is 26.7 Å². The number of hydrogen-bond donors (Lipinski definition) is 3. The number of aromatic nitrogens is 2. The van der Waals surface area contributed by atoms with Gasteiger partial charge in [0.25, 0.3) is 17.4 Å². The molecule has 1 aromatic rings. The summed E-state index contributed by atoms with van der Waals surface area (Å²) in [5, 5.41) is 0. The Morgan fingerprint density at radius 2 is 1.77 bits per heavy atom. The number of carbonyl (C=O) groups is 2. The number of quaternary nitrogens is 1. The molecule has 10 heteroatoms. The molecule has 0 aliphatic heterocycles. The van der Waals surface area contributed by atoms with Crippen molar-refractivity contribution in [3.63, 3.8) is 0 Å². The topological polar surface area (TPSA) is 126 Å². The quantitative estimate of drug-likeness (QED) is 0.460. The zero-order chi connectivity index (χ0) is 22.4. The van der Waals surface area contributed by atoms with Crippen molar-refractivity contribution in [3.05, 3.63) is 20.8 Å². The zero-order valence-corrected chi connectivity index (χ0v) is 18.5. The smallest absolute Gasteiger partial charge is 0.330 e. The van der Waals surface area contributed by atoms with Gasteiger partial charge in [-0.15, -0.1) is 0 Å². The average molecular weight is 424 g/mol. The van der Waals surface area contributed by atoms with Crippen LogP contribution in [0.4, 0.5) is 11.5 Å². The largest absolute Gasteiger partial charge is 0.383 e. The normalized spacial score (nSPS) is 15.2. The van der Waals surface area contributed by atoms with E-state index in [4.69, 9.17) is 5.73 Å². The molecule has 10 nitrogen and oxygen atoms in total. The Kier molecular flexibility index (Phi) is 8.22. The lowest BCUT2D eigenvalue weighted by molar-refractivity contribution is -0.862. The maximum Gasteiger partial charge on any atom is 0.330 e. The molecule has 1 aliphatic carbocycles. The second-order valence-corrected chi connectivity index (χ2v) is 8.30. The number of hydrogen-bond acceptors (Lipinski definition) is 5. The van der Waals surface area contributed by atoms with Crippen molar-refractivity contribution in [3.8, 4) is 0 Å². The number of nitrogens with two attached hydrogens (primary N) is 1. The van der Waals surface area contributed by atoms with Crippen LogP contribution in [0.1, 0.15) is 45.4 Å². The second-order valence-electron chi connectivity index (χ2n) is 8.30. The fraction of sp³-hybridized carbons (Fsp3) is 0.700. The Labute approximate surface area is 176 Å². The highest BCUT2D eigenvalue weighted by molar-refractivity contribution is 5.97. The predicted molar refractivity (Wildman–Crippen MR) is 116 cm³/mol. The molecule has 1 aliphatic rings. The minimum Gasteiger partial charge on any atom is -0.383 e. The van der Waals surface area contributed by atoms with Gasteiger partial charge in [0.2, 0.25) is 0 Å². The molecule has 1 atom stereocenters. The van der Waals surface area contributed by atoms with Crippen molar-refractivity contribution >= 4 is 23.3 Å². The van der Waals surface area contributed by atoms with Crippen LogP contribution in [-0.2, 0) is 16.1 Å². The molecule has 4 N–H and O–H groups in total. The van der Waals surface area contributed by atoms with Gasteiger partial charge in [-0.2, -0.15) is 0 Å². The highest BCUT2D eigenvalue weighted by Gasteiger charge is 2.34. The predicted octanol–water partition coefficient (Wildman–Crippen LogP) is -1.20. The lowest BCUT2D eigenvalue weighted by Gasteiger charge is -2.30. The molecule has 1 heterocycles. The maximum atomic E-state index is 13.3. The van der Waals surface area contributed by atoms with Crippen molar-refractivity contribution in [2.45, 2.75) is 58.0 Å². The third-order valence-electron chi connectivity index (χ3n) is 5.55. The van der Waals surface area contributed by atoms with Crippen LogP contribution in [-0.4, -0.2) is 66.5 Å². The van der Waals surface area contributed by atoms with Gasteiger partial charge in [-0.3, -0.25) is 28.8 Å². The first kappa shape index (κ1) is 23.7. The first-order valence-corrected chi connectivity index (χ1v) is 10.6. The van der Waals surface area contributed by atoms with Gasteiger partial charge < -0.3 is 15.5 Å². The van der Waals surface area contributed by atoms with E-state index >= 15 is 0 Å². The van der Waals surface area contributed by atoms with Crippen molar-refractivity contribution < 1.29 is 14.5 Å². The van der Waals surface area contributed by atoms with Crippen LogP contribution in [0, 0.1) is 0 Å². The number of carbonyl (C=O) groups excluding carboxylic acids is 2. The standard InChI is InChI=1S/C20H34N6O4/c1-5-6-11-25-18(21)17(19(29)22-20(25)30)26(14-9-7-8-10-14)16(28)13-24(4)12-15(27)23(2)3/h14H,5-13,21H2,1-4H3,(H,22,29,30)/p+1. The Morgan fingerprint density at radius 1 is 1.17 bits per heavy atom. The van der Waals surface area contributed by atoms with Crippen LogP contribution in [0.3, 0.4) is 0 Å². The minimum absolute atomic E-state index is 0.0273. The summed E-state index contributed by atoms with van der Waals surface area (Å²) in [6.45, 7) is 2.58. The molecule has 168 valence electrons. The van der Waals surface area contributed by atoms with E-state index in [9.17, 15) is 19.2 Å². The Hall–Kier alpha value is -2.62. The number of H-pyrrole nitrogens is 1. The second kappa shape index (κ2) is 10.4. The van der Waals surface area contributed by atoms with Crippen molar-refractivity contribution in [2.24, 2.45) is 0 Å². The van der Waals surface area contributed by atoms with Crippen molar-refractivity contribution in [1.82, 2.24) is 14.5 Å². The maximum absolute atomic E-state index is 13.3. The fourth-order valence-electron chi connectivity index (χ4n) is 3.84.